The SMILES string of the molecule is C=CC1C[N+]2(Cc3c4ccccc4cc4ccccc34)CCC1CC2[C@H](OC(=O)C12CC3CC(CC(C3)C1)C2)c1ccnc2ccccc12. The molecule has 4 nitrogen and oxygen atoms in total. The summed E-state index contributed by atoms with van der Waals surface area (Å²) in [6.45, 7) is 7.40. The highest BCUT2D eigenvalue weighted by molar-refractivity contribution is 6.02. The Morgan fingerprint density at radius 3 is 2.16 bits per heavy atom. The normalized spacial score (nSPS) is 33.6. The molecule has 5 atom stereocenters. The minimum atomic E-state index is -0.330. The van der Waals surface area contributed by atoms with E-state index in [1.807, 2.05) is 6.20 Å². The summed E-state index contributed by atoms with van der Waals surface area (Å²) >= 11 is 0. The van der Waals surface area contributed by atoms with Crippen LogP contribution >= 0.6 is 0 Å². The molecule has 3 aliphatic heterocycles. The lowest BCUT2D eigenvalue weighted by Gasteiger charge is -2.59. The number of pyridine rings is 1. The van der Waals surface area contributed by atoms with Crippen molar-refractivity contribution in [2.24, 2.45) is 35.0 Å². The number of esters is 1. The summed E-state index contributed by atoms with van der Waals surface area (Å²) in [5, 5.41) is 6.38. The Morgan fingerprint density at radius 2 is 1.49 bits per heavy atom. The van der Waals surface area contributed by atoms with Crippen molar-refractivity contribution in [2.45, 2.75) is 70.1 Å². The average molecular weight is 648 g/mol. The molecule has 0 spiro atoms. The summed E-state index contributed by atoms with van der Waals surface area (Å²) in [5.74, 6) is 3.19. The van der Waals surface area contributed by atoms with Crippen molar-refractivity contribution in [3.8, 4) is 0 Å². The van der Waals surface area contributed by atoms with Crippen LogP contribution in [0.5, 0.6) is 0 Å². The molecule has 4 aliphatic carbocycles. The van der Waals surface area contributed by atoms with Gasteiger partial charge in [-0.05, 0) is 102 Å². The minimum Gasteiger partial charge on any atom is -0.451 e. The van der Waals surface area contributed by atoms with Gasteiger partial charge in [0.1, 0.15) is 12.6 Å². The summed E-state index contributed by atoms with van der Waals surface area (Å²) in [5.41, 5.74) is 3.23. The summed E-state index contributed by atoms with van der Waals surface area (Å²) in [6.07, 6.45) is 13.1. The van der Waals surface area contributed by atoms with E-state index >= 15 is 0 Å². The number of quaternary nitrogens is 1. The first kappa shape index (κ1) is 29.9. The number of piperidine rings is 3. The number of para-hydroxylation sites is 1. The molecule has 4 aromatic carbocycles. The molecule has 7 aliphatic rings. The molecule has 4 unspecified atom stereocenters. The maximum Gasteiger partial charge on any atom is 0.312 e. The average Bonchev–Trinajstić information content (AvgIpc) is 3.13. The van der Waals surface area contributed by atoms with Gasteiger partial charge in [-0.1, -0.05) is 72.8 Å². The predicted octanol–water partition coefficient (Wildman–Crippen LogP) is 9.95. The Balaban J connectivity index is 1.13. The van der Waals surface area contributed by atoms with Crippen molar-refractivity contribution in [1.29, 1.82) is 0 Å². The highest BCUT2D eigenvalue weighted by Gasteiger charge is 2.59. The van der Waals surface area contributed by atoms with Crippen molar-refractivity contribution in [1.82, 2.24) is 4.98 Å². The predicted molar refractivity (Wildman–Crippen MR) is 197 cm³/mol. The maximum atomic E-state index is 14.9. The van der Waals surface area contributed by atoms with Gasteiger partial charge in [0, 0.05) is 41.5 Å². The molecule has 4 heterocycles. The molecule has 7 fully saturated rings. The Kier molecular flexibility index (Phi) is 6.86. The summed E-state index contributed by atoms with van der Waals surface area (Å²) in [4.78, 5) is 19.7. The van der Waals surface area contributed by atoms with Gasteiger partial charge in [-0.15, -0.1) is 6.58 Å². The topological polar surface area (TPSA) is 39.2 Å². The van der Waals surface area contributed by atoms with E-state index in [2.05, 4.69) is 97.6 Å². The van der Waals surface area contributed by atoms with Gasteiger partial charge in [0.15, 0.2) is 6.10 Å². The molecule has 3 saturated heterocycles. The van der Waals surface area contributed by atoms with Crippen LogP contribution < -0.4 is 0 Å². The first-order chi connectivity index (χ1) is 24.0. The van der Waals surface area contributed by atoms with Gasteiger partial charge in [-0.3, -0.25) is 9.78 Å². The number of aromatic nitrogens is 1. The lowest BCUT2D eigenvalue weighted by atomic mass is 9.49. The van der Waals surface area contributed by atoms with Crippen LogP contribution in [0.4, 0.5) is 0 Å². The Bertz CT molecular complexity index is 2020. The van der Waals surface area contributed by atoms with Gasteiger partial charge in [0.05, 0.1) is 24.0 Å². The van der Waals surface area contributed by atoms with Crippen LogP contribution in [-0.2, 0) is 16.1 Å². The van der Waals surface area contributed by atoms with Crippen LogP contribution in [0.2, 0.25) is 0 Å². The largest absolute Gasteiger partial charge is 0.451 e. The first-order valence-corrected chi connectivity index (χ1v) is 18.9. The van der Waals surface area contributed by atoms with Crippen LogP contribution in [0, 0.1) is 35.0 Å². The highest BCUT2D eigenvalue weighted by Crippen LogP contribution is 2.61. The van der Waals surface area contributed by atoms with E-state index in [9.17, 15) is 4.79 Å². The lowest BCUT2D eigenvalue weighted by molar-refractivity contribution is -0.984. The molecular weight excluding hydrogens is 601 g/mol. The Labute approximate surface area is 289 Å². The number of nitrogens with zero attached hydrogens (tertiary/aromatic N) is 2. The van der Waals surface area contributed by atoms with Gasteiger partial charge < -0.3 is 9.22 Å². The molecule has 5 aromatic rings. The van der Waals surface area contributed by atoms with Gasteiger partial charge in [0.25, 0.3) is 0 Å². The fourth-order valence-corrected chi connectivity index (χ4v) is 12.3. The standard InChI is InChI=1S/C45H47N2O2/c1-2-32-27-47(28-40-36-11-5-3-9-34(36)22-35-10-4-6-12-37(35)40)18-16-33(32)23-42(47)43(39-15-17-46-41-14-8-7-13-38(39)41)49-44(48)45-24-29-19-30(25-45)21-31(20-29)26-45/h2-15,17,22,29-33,42-43H,1,16,18-21,23-28H2/q+1/t29?,30?,31?,32?,33?,42?,43-,45?,47?/m1/s1. The molecule has 1 aromatic heterocycles. The molecule has 0 amide bonds. The van der Waals surface area contributed by atoms with Gasteiger partial charge in [-0.25, -0.2) is 0 Å². The van der Waals surface area contributed by atoms with Crippen LogP contribution in [0.15, 0.2) is 104 Å². The van der Waals surface area contributed by atoms with Gasteiger partial charge >= 0.3 is 5.97 Å². The molecule has 6 bridgehead atoms. The monoisotopic (exact) mass is 647 g/mol. The van der Waals surface area contributed by atoms with Crippen molar-refractivity contribution >= 4 is 38.4 Å². The second-order valence-electron chi connectivity index (χ2n) is 16.8. The Morgan fingerprint density at radius 1 is 0.857 bits per heavy atom. The van der Waals surface area contributed by atoms with Crippen LogP contribution in [0.1, 0.15) is 68.6 Å². The summed E-state index contributed by atoms with van der Waals surface area (Å²) in [7, 11) is 0. The zero-order valence-corrected chi connectivity index (χ0v) is 28.5. The van der Waals surface area contributed by atoms with Crippen molar-refractivity contribution in [3.63, 3.8) is 0 Å². The fraction of sp³-hybridized carbons (Fsp3) is 0.422. The zero-order valence-electron chi connectivity index (χ0n) is 28.5. The zero-order chi connectivity index (χ0) is 32.7. The third-order valence-electron chi connectivity index (χ3n) is 14.1. The van der Waals surface area contributed by atoms with Crippen LogP contribution in [0.25, 0.3) is 32.4 Å². The second-order valence-corrected chi connectivity index (χ2v) is 16.8. The summed E-state index contributed by atoms with van der Waals surface area (Å²) < 4.78 is 8.14. The highest BCUT2D eigenvalue weighted by atomic mass is 16.5. The van der Waals surface area contributed by atoms with E-state index in [-0.39, 0.29) is 23.5 Å². The van der Waals surface area contributed by atoms with E-state index in [0.29, 0.717) is 29.6 Å². The number of carbonyl (C=O) groups excluding carboxylic acids is 1. The van der Waals surface area contributed by atoms with E-state index in [0.717, 1.165) is 66.3 Å². The number of hydrogen-bond acceptors (Lipinski definition) is 3. The number of ether oxygens (including phenoxy) is 1. The molecule has 0 N–H and O–H groups in total. The van der Waals surface area contributed by atoms with Crippen molar-refractivity contribution in [3.05, 3.63) is 115 Å². The number of fused-ring (bicyclic) bond motifs is 6. The van der Waals surface area contributed by atoms with Gasteiger partial charge in [-0.2, -0.15) is 0 Å². The molecule has 4 heteroatoms. The van der Waals surface area contributed by atoms with E-state index in [1.54, 1.807) is 0 Å². The van der Waals surface area contributed by atoms with Crippen LogP contribution in [-0.4, -0.2) is 34.6 Å². The number of benzene rings is 4. The van der Waals surface area contributed by atoms with E-state index < -0.39 is 0 Å². The smallest absolute Gasteiger partial charge is 0.312 e. The first-order valence-electron chi connectivity index (χ1n) is 18.9. The van der Waals surface area contributed by atoms with E-state index in [4.69, 9.17) is 9.72 Å². The number of hydrogen-bond donors (Lipinski definition) is 0. The Hall–Kier alpha value is -4.02. The fourth-order valence-electron chi connectivity index (χ4n) is 12.3. The third-order valence-corrected chi connectivity index (χ3v) is 14.1. The maximum absolute atomic E-state index is 14.9. The second kappa shape index (κ2) is 11.3. The molecule has 49 heavy (non-hydrogen) atoms. The summed E-state index contributed by atoms with van der Waals surface area (Å²) in [6, 6.07) is 31.0. The van der Waals surface area contributed by atoms with Crippen molar-refractivity contribution < 1.29 is 14.0 Å². The molecule has 248 valence electrons. The molecular formula is C45H47N2O2+. The lowest BCUT2D eigenvalue weighted by Crippen LogP contribution is -2.68. The molecule has 0 radical (unpaired) electrons. The molecule has 12 rings (SSSR count). The quantitative estimate of drug-likeness (QED) is 0.0764. The van der Waals surface area contributed by atoms with Crippen LogP contribution in [0.3, 0.4) is 0 Å². The minimum absolute atomic E-state index is 0.0918. The van der Waals surface area contributed by atoms with E-state index in [1.165, 1.54) is 52.8 Å². The molecule has 4 saturated carbocycles. The third kappa shape index (κ3) is 4.73. The number of rotatable bonds is 7. The van der Waals surface area contributed by atoms with Gasteiger partial charge in [0.2, 0.25) is 0 Å². The number of carbonyl (C=O) groups is 1. The van der Waals surface area contributed by atoms with Crippen molar-refractivity contribution in [2.75, 3.05) is 13.1 Å².